The van der Waals surface area contributed by atoms with Gasteiger partial charge in [0, 0.05) is 25.9 Å². The third-order valence-electron chi connectivity index (χ3n) is 3.82. The summed E-state index contributed by atoms with van der Waals surface area (Å²) in [6, 6.07) is -0.132. The Balaban J connectivity index is 1.89. The minimum absolute atomic E-state index is 0.132. The molecule has 3 rings (SSSR count). The molecule has 2 atom stereocenters. The molecule has 20 heavy (non-hydrogen) atoms. The Kier molecular flexibility index (Phi) is 3.80. The molecule has 7 nitrogen and oxygen atoms in total. The van der Waals surface area contributed by atoms with Crippen molar-refractivity contribution < 1.29 is 17.9 Å². The lowest BCUT2D eigenvalue weighted by Crippen LogP contribution is -2.57. The van der Waals surface area contributed by atoms with E-state index in [1.54, 1.807) is 15.2 Å². The van der Waals surface area contributed by atoms with Gasteiger partial charge in [-0.3, -0.25) is 4.68 Å². The van der Waals surface area contributed by atoms with Gasteiger partial charge in [0.25, 0.3) is 0 Å². The molecule has 0 bridgehead atoms. The Hall–Kier alpha value is -0.960. The molecule has 0 aliphatic carbocycles. The third kappa shape index (κ3) is 2.37. The fourth-order valence-electron chi connectivity index (χ4n) is 2.73. The molecule has 0 aromatic carbocycles. The minimum atomic E-state index is -3.51. The van der Waals surface area contributed by atoms with Gasteiger partial charge < -0.3 is 9.47 Å². The fraction of sp³-hybridized carbons (Fsp3) is 0.750. The van der Waals surface area contributed by atoms with Crippen molar-refractivity contribution in [3.8, 4) is 0 Å². The van der Waals surface area contributed by atoms with E-state index in [2.05, 4.69) is 5.10 Å². The molecule has 2 aliphatic heterocycles. The SMILES string of the molecule is CCn1cc(S(=O)(=O)N2CCO[C@@H]3COCC[C@@H]32)cn1. The zero-order valence-corrected chi connectivity index (χ0v) is 12.3. The minimum Gasteiger partial charge on any atom is -0.379 e. The monoisotopic (exact) mass is 301 g/mol. The highest BCUT2D eigenvalue weighted by Gasteiger charge is 2.41. The Morgan fingerprint density at radius 2 is 2.30 bits per heavy atom. The zero-order chi connectivity index (χ0) is 14.2. The van der Waals surface area contributed by atoms with Gasteiger partial charge in [-0.25, -0.2) is 8.42 Å². The van der Waals surface area contributed by atoms with Crippen LogP contribution in [0.3, 0.4) is 0 Å². The second-order valence-electron chi connectivity index (χ2n) is 4.99. The Morgan fingerprint density at radius 1 is 1.45 bits per heavy atom. The maximum Gasteiger partial charge on any atom is 0.246 e. The van der Waals surface area contributed by atoms with Gasteiger partial charge >= 0.3 is 0 Å². The van der Waals surface area contributed by atoms with Gasteiger partial charge in [-0.1, -0.05) is 0 Å². The first kappa shape index (κ1) is 14.0. The zero-order valence-electron chi connectivity index (χ0n) is 11.4. The maximum absolute atomic E-state index is 12.7. The van der Waals surface area contributed by atoms with Crippen LogP contribution in [-0.4, -0.2) is 61.0 Å². The molecule has 2 fully saturated rings. The molecule has 2 aliphatic rings. The summed E-state index contributed by atoms with van der Waals surface area (Å²) in [4.78, 5) is 0.256. The summed E-state index contributed by atoms with van der Waals surface area (Å²) in [5, 5.41) is 4.05. The van der Waals surface area contributed by atoms with Crippen LogP contribution in [-0.2, 0) is 26.0 Å². The number of rotatable bonds is 3. The van der Waals surface area contributed by atoms with Gasteiger partial charge in [-0.2, -0.15) is 9.40 Å². The highest BCUT2D eigenvalue weighted by Crippen LogP contribution is 2.27. The molecule has 0 amide bonds. The predicted molar refractivity (Wildman–Crippen MR) is 70.8 cm³/mol. The lowest BCUT2D eigenvalue weighted by atomic mass is 10.1. The van der Waals surface area contributed by atoms with E-state index in [1.165, 1.54) is 6.20 Å². The van der Waals surface area contributed by atoms with Crippen LogP contribution in [0.2, 0.25) is 0 Å². The molecular weight excluding hydrogens is 282 g/mol. The normalized spacial score (nSPS) is 28.2. The molecular formula is C12H19N3O4S. The average Bonchev–Trinajstić information content (AvgIpc) is 2.96. The highest BCUT2D eigenvalue weighted by molar-refractivity contribution is 7.89. The molecule has 1 aromatic heterocycles. The van der Waals surface area contributed by atoms with Gasteiger partial charge in [0.05, 0.1) is 31.6 Å². The third-order valence-corrected chi connectivity index (χ3v) is 5.70. The molecule has 0 saturated carbocycles. The number of hydrogen-bond acceptors (Lipinski definition) is 5. The molecule has 3 heterocycles. The number of fused-ring (bicyclic) bond motifs is 1. The largest absolute Gasteiger partial charge is 0.379 e. The van der Waals surface area contributed by atoms with Crippen LogP contribution in [0.15, 0.2) is 17.3 Å². The van der Waals surface area contributed by atoms with Gasteiger partial charge in [0.2, 0.25) is 10.0 Å². The first-order valence-electron chi connectivity index (χ1n) is 6.86. The summed E-state index contributed by atoms with van der Waals surface area (Å²) >= 11 is 0. The predicted octanol–water partition coefficient (Wildman–Crippen LogP) is 0.0814. The van der Waals surface area contributed by atoms with Gasteiger partial charge in [-0.15, -0.1) is 0 Å². The Bertz CT molecular complexity index is 569. The van der Waals surface area contributed by atoms with E-state index < -0.39 is 10.0 Å². The summed E-state index contributed by atoms with van der Waals surface area (Å²) in [5.41, 5.74) is 0. The lowest BCUT2D eigenvalue weighted by Gasteiger charge is -2.42. The number of ether oxygens (including phenoxy) is 2. The van der Waals surface area contributed by atoms with Crippen molar-refractivity contribution >= 4 is 10.0 Å². The van der Waals surface area contributed by atoms with Crippen LogP contribution < -0.4 is 0 Å². The topological polar surface area (TPSA) is 73.7 Å². The Morgan fingerprint density at radius 3 is 3.05 bits per heavy atom. The maximum atomic E-state index is 12.7. The molecule has 0 unspecified atom stereocenters. The summed E-state index contributed by atoms with van der Waals surface area (Å²) in [5.74, 6) is 0. The average molecular weight is 301 g/mol. The lowest BCUT2D eigenvalue weighted by molar-refractivity contribution is -0.114. The molecule has 0 N–H and O–H groups in total. The van der Waals surface area contributed by atoms with Crippen LogP contribution in [0.4, 0.5) is 0 Å². The van der Waals surface area contributed by atoms with E-state index in [-0.39, 0.29) is 17.0 Å². The summed E-state index contributed by atoms with van der Waals surface area (Å²) in [6.07, 6.45) is 3.52. The van der Waals surface area contributed by atoms with E-state index in [1.807, 2.05) is 6.92 Å². The molecule has 8 heteroatoms. The molecule has 2 saturated heterocycles. The number of aromatic nitrogens is 2. The van der Waals surface area contributed by atoms with Crippen molar-refractivity contribution in [3.63, 3.8) is 0 Å². The van der Waals surface area contributed by atoms with Crippen LogP contribution in [0, 0.1) is 0 Å². The fourth-order valence-corrected chi connectivity index (χ4v) is 4.35. The number of sulfonamides is 1. The quantitative estimate of drug-likeness (QED) is 0.790. The van der Waals surface area contributed by atoms with Crippen LogP contribution in [0.5, 0.6) is 0 Å². The first-order valence-corrected chi connectivity index (χ1v) is 8.30. The van der Waals surface area contributed by atoms with Gasteiger partial charge in [0.15, 0.2) is 0 Å². The van der Waals surface area contributed by atoms with E-state index in [9.17, 15) is 8.42 Å². The number of aryl methyl sites for hydroxylation is 1. The van der Waals surface area contributed by atoms with Crippen molar-refractivity contribution in [2.24, 2.45) is 0 Å². The van der Waals surface area contributed by atoms with E-state index in [0.717, 1.165) is 0 Å². The number of hydrogen-bond donors (Lipinski definition) is 0. The summed E-state index contributed by atoms with van der Waals surface area (Å²) in [6.45, 7) is 4.41. The van der Waals surface area contributed by atoms with E-state index in [4.69, 9.17) is 9.47 Å². The van der Waals surface area contributed by atoms with Crippen LogP contribution in [0.1, 0.15) is 13.3 Å². The van der Waals surface area contributed by atoms with Gasteiger partial charge in [-0.05, 0) is 13.3 Å². The first-order chi connectivity index (χ1) is 9.63. The van der Waals surface area contributed by atoms with Crippen LogP contribution in [0.25, 0.3) is 0 Å². The summed E-state index contributed by atoms with van der Waals surface area (Å²) in [7, 11) is -3.51. The molecule has 0 radical (unpaired) electrons. The Labute approximate surface area is 118 Å². The standard InChI is InChI=1S/C12H19N3O4S/c1-2-14-8-10(7-13-14)20(16,17)15-4-6-19-12-9-18-5-3-11(12)15/h7-8,11-12H,2-6,9H2,1H3/t11-,12+/m0/s1. The molecule has 0 spiro atoms. The molecule has 112 valence electrons. The van der Waals surface area contributed by atoms with Crippen molar-refractivity contribution in [3.05, 3.63) is 12.4 Å². The van der Waals surface area contributed by atoms with Gasteiger partial charge in [0.1, 0.15) is 4.90 Å². The van der Waals surface area contributed by atoms with E-state index >= 15 is 0 Å². The second-order valence-corrected chi connectivity index (χ2v) is 6.88. The van der Waals surface area contributed by atoms with Crippen molar-refractivity contribution in [2.45, 2.75) is 36.9 Å². The number of morpholine rings is 1. The van der Waals surface area contributed by atoms with E-state index in [0.29, 0.717) is 39.3 Å². The van der Waals surface area contributed by atoms with Crippen molar-refractivity contribution in [1.29, 1.82) is 0 Å². The second kappa shape index (κ2) is 5.44. The van der Waals surface area contributed by atoms with Crippen molar-refractivity contribution in [1.82, 2.24) is 14.1 Å². The molecule has 1 aromatic rings. The smallest absolute Gasteiger partial charge is 0.246 e. The van der Waals surface area contributed by atoms with Crippen LogP contribution >= 0.6 is 0 Å². The van der Waals surface area contributed by atoms with Crippen molar-refractivity contribution in [2.75, 3.05) is 26.4 Å². The number of nitrogens with zero attached hydrogens (tertiary/aromatic N) is 3. The summed E-state index contributed by atoms with van der Waals surface area (Å²) < 4.78 is 39.7. The highest BCUT2D eigenvalue weighted by atomic mass is 32.2.